The molecule has 1 unspecified atom stereocenters. The van der Waals surface area contributed by atoms with E-state index in [1.54, 1.807) is 36.4 Å². The highest BCUT2D eigenvalue weighted by molar-refractivity contribution is 6.04. The van der Waals surface area contributed by atoms with Crippen LogP contribution in [0.25, 0.3) is 0 Å². The molecule has 0 fully saturated rings. The van der Waals surface area contributed by atoms with Crippen LogP contribution in [0.3, 0.4) is 0 Å². The third-order valence-corrected chi connectivity index (χ3v) is 6.18. The molecule has 1 amide bonds. The molecule has 8 nitrogen and oxygen atoms in total. The van der Waals surface area contributed by atoms with E-state index in [1.807, 2.05) is 27.7 Å². The predicted molar refractivity (Wildman–Crippen MR) is 132 cm³/mol. The smallest absolute Gasteiger partial charge is 0.257 e. The van der Waals surface area contributed by atoms with Crippen molar-refractivity contribution in [2.75, 3.05) is 23.4 Å². The second-order valence-electron chi connectivity index (χ2n) is 8.88. The highest BCUT2D eigenvalue weighted by Gasteiger charge is 2.40. The Bertz CT molecular complexity index is 1270. The van der Waals surface area contributed by atoms with Gasteiger partial charge in [0.25, 0.3) is 5.91 Å². The summed E-state index contributed by atoms with van der Waals surface area (Å²) < 4.78 is 12.3. The summed E-state index contributed by atoms with van der Waals surface area (Å²) in [5.74, 6) is 1.24. The monoisotopic (exact) mass is 460 g/mol. The standard InChI is InChI=1S/C26H28N4O4/c1-14-15(2)24-22(16(3)23(14)28)20(31)11-26(4,34-24)13-33-19-8-6-18(7-9-19)30-25(32)17-5-10-21(27)29-12-17/h5-10,12H,11,13,28H2,1-4H3,(H2,27,29)(H,30,32). The Morgan fingerprint density at radius 1 is 1.09 bits per heavy atom. The summed E-state index contributed by atoms with van der Waals surface area (Å²) in [5, 5.41) is 2.80. The van der Waals surface area contributed by atoms with Gasteiger partial charge in [0.05, 0.1) is 17.5 Å². The third kappa shape index (κ3) is 4.39. The summed E-state index contributed by atoms with van der Waals surface area (Å²) in [6.07, 6.45) is 1.61. The number of carbonyl (C=O) groups excluding carboxylic acids is 2. The van der Waals surface area contributed by atoms with Crippen molar-refractivity contribution in [3.05, 3.63) is 70.4 Å². The lowest BCUT2D eigenvalue weighted by molar-refractivity contribution is 0.0183. The van der Waals surface area contributed by atoms with Gasteiger partial charge in [-0.2, -0.15) is 0 Å². The fraction of sp³-hybridized carbons (Fsp3) is 0.269. The summed E-state index contributed by atoms with van der Waals surface area (Å²) in [7, 11) is 0. The van der Waals surface area contributed by atoms with E-state index in [0.717, 1.165) is 16.7 Å². The van der Waals surface area contributed by atoms with Crippen LogP contribution in [0, 0.1) is 20.8 Å². The summed E-state index contributed by atoms with van der Waals surface area (Å²) in [5.41, 5.74) is 15.7. The van der Waals surface area contributed by atoms with Crippen LogP contribution in [0.4, 0.5) is 17.2 Å². The first-order chi connectivity index (χ1) is 16.1. The van der Waals surface area contributed by atoms with Crippen molar-refractivity contribution in [1.29, 1.82) is 0 Å². The first-order valence-electron chi connectivity index (χ1n) is 10.9. The Kier molecular flexibility index (Phi) is 5.91. The van der Waals surface area contributed by atoms with Crippen LogP contribution in [-0.4, -0.2) is 28.9 Å². The van der Waals surface area contributed by atoms with Gasteiger partial charge in [0.15, 0.2) is 5.78 Å². The minimum Gasteiger partial charge on any atom is -0.489 e. The maximum atomic E-state index is 13.0. The molecule has 8 heteroatoms. The lowest BCUT2D eigenvalue weighted by Crippen LogP contribution is -2.45. The van der Waals surface area contributed by atoms with Crippen LogP contribution in [0.15, 0.2) is 42.6 Å². The number of ether oxygens (including phenoxy) is 2. The second kappa shape index (κ2) is 8.70. The summed E-state index contributed by atoms with van der Waals surface area (Å²) >= 11 is 0. The van der Waals surface area contributed by atoms with E-state index in [0.29, 0.717) is 39.8 Å². The summed E-state index contributed by atoms with van der Waals surface area (Å²) in [4.78, 5) is 29.2. The predicted octanol–water partition coefficient (Wildman–Crippen LogP) is 4.23. The molecule has 0 aliphatic carbocycles. The summed E-state index contributed by atoms with van der Waals surface area (Å²) in [6, 6.07) is 10.2. The molecule has 5 N–H and O–H groups in total. The van der Waals surface area contributed by atoms with E-state index < -0.39 is 5.60 Å². The molecule has 0 bridgehead atoms. The minimum absolute atomic E-state index is 0.00475. The van der Waals surface area contributed by atoms with Crippen molar-refractivity contribution in [2.24, 2.45) is 0 Å². The first-order valence-corrected chi connectivity index (χ1v) is 10.9. The Morgan fingerprint density at radius 3 is 2.44 bits per heavy atom. The number of Topliss-reactive ketones (excluding diaryl/α,β-unsaturated/α-hetero) is 1. The zero-order valence-electron chi connectivity index (χ0n) is 19.7. The molecule has 2 aromatic carbocycles. The fourth-order valence-electron chi connectivity index (χ4n) is 4.01. The lowest BCUT2D eigenvalue weighted by atomic mass is 9.86. The van der Waals surface area contributed by atoms with Gasteiger partial charge in [-0.15, -0.1) is 0 Å². The number of benzene rings is 2. The van der Waals surface area contributed by atoms with Crippen molar-refractivity contribution >= 4 is 28.9 Å². The number of nitrogen functional groups attached to an aromatic ring is 2. The molecule has 0 radical (unpaired) electrons. The van der Waals surface area contributed by atoms with Crippen LogP contribution in [0.5, 0.6) is 11.5 Å². The number of hydrogen-bond donors (Lipinski definition) is 3. The van der Waals surface area contributed by atoms with Crippen molar-refractivity contribution in [2.45, 2.75) is 39.7 Å². The maximum absolute atomic E-state index is 13.0. The molecule has 0 saturated heterocycles. The number of hydrogen-bond acceptors (Lipinski definition) is 7. The Labute approximate surface area is 198 Å². The molecule has 1 atom stereocenters. The molecule has 3 aromatic rings. The minimum atomic E-state index is -0.821. The highest BCUT2D eigenvalue weighted by Crippen LogP contribution is 2.42. The van der Waals surface area contributed by atoms with Gasteiger partial charge in [0, 0.05) is 17.6 Å². The summed E-state index contributed by atoms with van der Waals surface area (Å²) in [6.45, 7) is 7.74. The third-order valence-electron chi connectivity index (χ3n) is 6.18. The van der Waals surface area contributed by atoms with Gasteiger partial charge >= 0.3 is 0 Å². The average Bonchev–Trinajstić information content (AvgIpc) is 2.81. The maximum Gasteiger partial charge on any atom is 0.257 e. The molecule has 0 spiro atoms. The average molecular weight is 461 g/mol. The van der Waals surface area contributed by atoms with E-state index in [9.17, 15) is 9.59 Å². The van der Waals surface area contributed by atoms with Crippen LogP contribution in [-0.2, 0) is 0 Å². The van der Waals surface area contributed by atoms with E-state index in [-0.39, 0.29) is 24.7 Å². The lowest BCUT2D eigenvalue weighted by Gasteiger charge is -2.36. The quantitative estimate of drug-likeness (QED) is 0.486. The Morgan fingerprint density at radius 2 is 1.79 bits per heavy atom. The molecule has 0 saturated carbocycles. The number of fused-ring (bicyclic) bond motifs is 1. The SMILES string of the molecule is Cc1c(C)c2c(c(C)c1N)C(=O)CC(C)(COc1ccc(NC(=O)c3ccc(N)nc3)cc1)O2. The Balaban J connectivity index is 1.43. The molecule has 1 aromatic heterocycles. The number of aromatic nitrogens is 1. The Hall–Kier alpha value is -4.07. The number of carbonyl (C=O) groups is 2. The van der Waals surface area contributed by atoms with Crippen molar-refractivity contribution in [3.8, 4) is 11.5 Å². The van der Waals surface area contributed by atoms with Gasteiger partial charge in [-0.25, -0.2) is 4.98 Å². The molecular weight excluding hydrogens is 432 g/mol. The van der Waals surface area contributed by atoms with Gasteiger partial charge < -0.3 is 26.3 Å². The zero-order chi connectivity index (χ0) is 24.6. The number of nitrogens with two attached hydrogens (primary N) is 2. The largest absolute Gasteiger partial charge is 0.489 e. The van der Waals surface area contributed by atoms with E-state index in [4.69, 9.17) is 20.9 Å². The van der Waals surface area contributed by atoms with Crippen molar-refractivity contribution in [3.63, 3.8) is 0 Å². The van der Waals surface area contributed by atoms with Crippen LogP contribution in [0.2, 0.25) is 0 Å². The second-order valence-corrected chi connectivity index (χ2v) is 8.88. The van der Waals surface area contributed by atoms with Crippen LogP contribution < -0.4 is 26.3 Å². The molecule has 176 valence electrons. The number of pyridine rings is 1. The van der Waals surface area contributed by atoms with Gasteiger partial charge in [-0.3, -0.25) is 9.59 Å². The topological polar surface area (TPSA) is 130 Å². The molecule has 4 rings (SSSR count). The van der Waals surface area contributed by atoms with E-state index >= 15 is 0 Å². The van der Waals surface area contributed by atoms with Crippen molar-refractivity contribution < 1.29 is 19.1 Å². The zero-order valence-corrected chi connectivity index (χ0v) is 19.7. The number of ketones is 1. The van der Waals surface area contributed by atoms with E-state index in [1.165, 1.54) is 6.20 Å². The van der Waals surface area contributed by atoms with Gasteiger partial charge in [0.2, 0.25) is 0 Å². The van der Waals surface area contributed by atoms with Gasteiger partial charge in [-0.1, -0.05) is 0 Å². The number of anilines is 3. The molecule has 1 aliphatic rings. The van der Waals surface area contributed by atoms with Crippen molar-refractivity contribution in [1.82, 2.24) is 4.98 Å². The van der Waals surface area contributed by atoms with Gasteiger partial charge in [-0.05, 0) is 80.8 Å². The molecular formula is C26H28N4O4. The van der Waals surface area contributed by atoms with E-state index in [2.05, 4.69) is 10.3 Å². The van der Waals surface area contributed by atoms with Crippen LogP contribution >= 0.6 is 0 Å². The first kappa shape index (κ1) is 23.1. The number of rotatable bonds is 5. The fourth-order valence-corrected chi connectivity index (χ4v) is 4.01. The number of nitrogens with zero attached hydrogens (tertiary/aromatic N) is 1. The normalized spacial score (nSPS) is 17.0. The van der Waals surface area contributed by atoms with Gasteiger partial charge in [0.1, 0.15) is 29.5 Å². The van der Waals surface area contributed by atoms with Crippen LogP contribution in [0.1, 0.15) is 50.8 Å². The number of nitrogens with one attached hydrogen (secondary N) is 1. The molecule has 1 aliphatic heterocycles. The number of amides is 1. The molecule has 2 heterocycles. The molecule has 34 heavy (non-hydrogen) atoms. The highest BCUT2D eigenvalue weighted by atomic mass is 16.5.